The van der Waals surface area contributed by atoms with E-state index in [1.54, 1.807) is 0 Å². The number of nitrogens with zero attached hydrogens (tertiary/aromatic N) is 1. The van der Waals surface area contributed by atoms with Crippen LogP contribution in [-0.2, 0) is 6.54 Å². The Morgan fingerprint density at radius 2 is 2.33 bits per heavy atom. The Bertz CT molecular complexity index is 309. The molecule has 0 unspecified atom stereocenters. The zero-order chi connectivity index (χ0) is 8.55. The topological polar surface area (TPSA) is 40.7 Å². The molecule has 1 aliphatic heterocycles. The summed E-state index contributed by atoms with van der Waals surface area (Å²) in [6.07, 6.45) is 4.03. The molecule has 0 bridgehead atoms. The number of nitrogens with one attached hydrogen (secondary N) is 2. The van der Waals surface area contributed by atoms with Gasteiger partial charge in [0.25, 0.3) is 0 Å². The maximum absolute atomic E-state index is 3.99. The van der Waals surface area contributed by atoms with Gasteiger partial charge in [0.2, 0.25) is 0 Å². The monoisotopic (exact) mass is 163 g/mol. The number of fused-ring (bicyclic) bond motifs is 1. The van der Waals surface area contributed by atoms with Crippen molar-refractivity contribution in [3.63, 3.8) is 0 Å². The largest absolute Gasteiger partial charge is 0.382 e. The van der Waals surface area contributed by atoms with Crippen molar-refractivity contribution < 1.29 is 0 Å². The SMILES string of the molecule is CC(C)C1=Cc2cn[nH]c2CN1. The second kappa shape index (κ2) is 2.66. The lowest BCUT2D eigenvalue weighted by Crippen LogP contribution is -2.20. The van der Waals surface area contributed by atoms with E-state index in [2.05, 4.69) is 35.4 Å². The van der Waals surface area contributed by atoms with Gasteiger partial charge in [-0.2, -0.15) is 5.10 Å². The van der Waals surface area contributed by atoms with Crippen molar-refractivity contribution in [2.24, 2.45) is 5.92 Å². The molecular weight excluding hydrogens is 150 g/mol. The van der Waals surface area contributed by atoms with E-state index >= 15 is 0 Å². The highest BCUT2D eigenvalue weighted by Crippen LogP contribution is 2.19. The van der Waals surface area contributed by atoms with E-state index in [-0.39, 0.29) is 0 Å². The first-order valence-corrected chi connectivity index (χ1v) is 4.25. The smallest absolute Gasteiger partial charge is 0.0615 e. The van der Waals surface area contributed by atoms with Crippen LogP contribution in [0.5, 0.6) is 0 Å². The van der Waals surface area contributed by atoms with Crippen molar-refractivity contribution in [3.8, 4) is 0 Å². The Balaban J connectivity index is 2.35. The summed E-state index contributed by atoms with van der Waals surface area (Å²) in [6.45, 7) is 5.24. The van der Waals surface area contributed by atoms with Gasteiger partial charge in [-0.15, -0.1) is 0 Å². The van der Waals surface area contributed by atoms with Crippen LogP contribution in [0.4, 0.5) is 0 Å². The van der Waals surface area contributed by atoms with Crippen LogP contribution in [0, 0.1) is 5.92 Å². The van der Waals surface area contributed by atoms with E-state index in [1.807, 2.05) is 6.20 Å². The van der Waals surface area contributed by atoms with Crippen LogP contribution in [0.2, 0.25) is 0 Å². The molecule has 1 aromatic heterocycles. The van der Waals surface area contributed by atoms with Crippen molar-refractivity contribution in [1.29, 1.82) is 0 Å². The van der Waals surface area contributed by atoms with Crippen LogP contribution in [-0.4, -0.2) is 10.2 Å². The van der Waals surface area contributed by atoms with Crippen LogP contribution in [0.3, 0.4) is 0 Å². The fraction of sp³-hybridized carbons (Fsp3) is 0.444. The highest BCUT2D eigenvalue weighted by atomic mass is 15.1. The van der Waals surface area contributed by atoms with Gasteiger partial charge in [-0.1, -0.05) is 13.8 Å². The molecule has 12 heavy (non-hydrogen) atoms. The molecule has 0 atom stereocenters. The van der Waals surface area contributed by atoms with Gasteiger partial charge in [0.15, 0.2) is 0 Å². The van der Waals surface area contributed by atoms with Crippen LogP contribution in [0.1, 0.15) is 25.1 Å². The van der Waals surface area contributed by atoms with Crippen LogP contribution >= 0.6 is 0 Å². The van der Waals surface area contributed by atoms with Gasteiger partial charge < -0.3 is 5.32 Å². The number of hydrogen-bond acceptors (Lipinski definition) is 2. The third-order valence-corrected chi connectivity index (χ3v) is 2.15. The Kier molecular flexibility index (Phi) is 1.64. The first kappa shape index (κ1) is 7.40. The van der Waals surface area contributed by atoms with Gasteiger partial charge in [0, 0.05) is 11.3 Å². The normalized spacial score (nSPS) is 15.4. The average Bonchev–Trinajstić information content (AvgIpc) is 2.49. The average molecular weight is 163 g/mol. The summed E-state index contributed by atoms with van der Waals surface area (Å²) in [5.74, 6) is 0.563. The lowest BCUT2D eigenvalue weighted by Gasteiger charge is -2.18. The Morgan fingerprint density at radius 3 is 3.08 bits per heavy atom. The summed E-state index contributed by atoms with van der Waals surface area (Å²) in [4.78, 5) is 0. The fourth-order valence-electron chi connectivity index (χ4n) is 1.37. The summed E-state index contributed by atoms with van der Waals surface area (Å²) >= 11 is 0. The predicted molar refractivity (Wildman–Crippen MR) is 48.2 cm³/mol. The highest BCUT2D eigenvalue weighted by Gasteiger charge is 2.12. The summed E-state index contributed by atoms with van der Waals surface area (Å²) in [7, 11) is 0. The summed E-state index contributed by atoms with van der Waals surface area (Å²) < 4.78 is 0. The van der Waals surface area contributed by atoms with E-state index in [9.17, 15) is 0 Å². The molecular formula is C9H13N3. The molecule has 2 rings (SSSR count). The predicted octanol–water partition coefficient (Wildman–Crippen LogP) is 1.51. The van der Waals surface area contributed by atoms with Crippen molar-refractivity contribution >= 4 is 6.08 Å². The number of rotatable bonds is 1. The van der Waals surface area contributed by atoms with Crippen molar-refractivity contribution in [3.05, 3.63) is 23.2 Å². The van der Waals surface area contributed by atoms with Gasteiger partial charge in [-0.05, 0) is 12.0 Å². The summed E-state index contributed by atoms with van der Waals surface area (Å²) in [6, 6.07) is 0. The standard InChI is InChI=1S/C9H13N3/c1-6(2)8-3-7-4-11-12-9(7)5-10-8/h3-4,6,10H,5H2,1-2H3,(H,11,12). The van der Waals surface area contributed by atoms with Gasteiger partial charge in [0.05, 0.1) is 18.4 Å². The van der Waals surface area contributed by atoms with Crippen LogP contribution < -0.4 is 5.32 Å². The van der Waals surface area contributed by atoms with Crippen LogP contribution in [0.25, 0.3) is 6.08 Å². The Morgan fingerprint density at radius 1 is 1.50 bits per heavy atom. The van der Waals surface area contributed by atoms with Crippen molar-refractivity contribution in [2.75, 3.05) is 0 Å². The third-order valence-electron chi connectivity index (χ3n) is 2.15. The van der Waals surface area contributed by atoms with E-state index < -0.39 is 0 Å². The number of hydrogen-bond donors (Lipinski definition) is 2. The number of allylic oxidation sites excluding steroid dienone is 1. The first-order valence-electron chi connectivity index (χ1n) is 4.25. The Hall–Kier alpha value is -1.25. The van der Waals surface area contributed by atoms with Crippen molar-refractivity contribution in [2.45, 2.75) is 20.4 Å². The first-order chi connectivity index (χ1) is 5.77. The zero-order valence-electron chi connectivity index (χ0n) is 7.39. The van der Waals surface area contributed by atoms with E-state index in [4.69, 9.17) is 0 Å². The summed E-state index contributed by atoms with van der Waals surface area (Å²) in [5, 5.41) is 10.3. The second-order valence-corrected chi connectivity index (χ2v) is 3.41. The fourth-order valence-corrected chi connectivity index (χ4v) is 1.37. The third kappa shape index (κ3) is 1.11. The van der Waals surface area contributed by atoms with Gasteiger partial charge >= 0.3 is 0 Å². The minimum atomic E-state index is 0.563. The molecule has 3 nitrogen and oxygen atoms in total. The zero-order valence-corrected chi connectivity index (χ0v) is 7.39. The number of aromatic amines is 1. The minimum absolute atomic E-state index is 0.563. The molecule has 1 aromatic rings. The molecule has 0 saturated carbocycles. The molecule has 1 aliphatic rings. The van der Waals surface area contributed by atoms with Gasteiger partial charge in [0.1, 0.15) is 0 Å². The molecule has 0 saturated heterocycles. The van der Waals surface area contributed by atoms with E-state index in [0.717, 1.165) is 6.54 Å². The molecule has 0 fully saturated rings. The minimum Gasteiger partial charge on any atom is -0.382 e. The summed E-state index contributed by atoms with van der Waals surface area (Å²) in [5.41, 5.74) is 3.70. The van der Waals surface area contributed by atoms with Gasteiger partial charge in [-0.25, -0.2) is 0 Å². The molecule has 0 radical (unpaired) electrons. The Labute approximate surface area is 71.9 Å². The van der Waals surface area contributed by atoms with Crippen LogP contribution in [0.15, 0.2) is 11.9 Å². The molecule has 2 N–H and O–H groups in total. The van der Waals surface area contributed by atoms with E-state index in [0.29, 0.717) is 5.92 Å². The molecule has 0 spiro atoms. The molecule has 0 aliphatic carbocycles. The highest BCUT2D eigenvalue weighted by molar-refractivity contribution is 5.56. The van der Waals surface area contributed by atoms with E-state index in [1.165, 1.54) is 17.0 Å². The maximum Gasteiger partial charge on any atom is 0.0615 e. The number of H-pyrrole nitrogens is 1. The molecule has 0 aromatic carbocycles. The lowest BCUT2D eigenvalue weighted by atomic mass is 10.0. The molecule has 0 amide bonds. The van der Waals surface area contributed by atoms with Gasteiger partial charge in [-0.3, -0.25) is 5.10 Å². The lowest BCUT2D eigenvalue weighted by molar-refractivity contribution is 0.643. The van der Waals surface area contributed by atoms with Crippen molar-refractivity contribution in [1.82, 2.24) is 15.5 Å². The quantitative estimate of drug-likeness (QED) is 0.658. The molecule has 64 valence electrons. The second-order valence-electron chi connectivity index (χ2n) is 3.41. The maximum atomic E-state index is 3.99. The molecule has 3 heteroatoms. The molecule has 2 heterocycles. The number of aromatic nitrogens is 2.